The number of ether oxygens (including phenoxy) is 1. The number of amides is 2. The fourth-order valence-electron chi connectivity index (χ4n) is 3.08. The van der Waals surface area contributed by atoms with Gasteiger partial charge in [-0.3, -0.25) is 9.59 Å². The second-order valence-corrected chi connectivity index (χ2v) is 6.40. The molecular weight excluding hydrogens is 256 g/mol. The van der Waals surface area contributed by atoms with Crippen LogP contribution in [0.15, 0.2) is 0 Å². The van der Waals surface area contributed by atoms with Crippen LogP contribution in [0.25, 0.3) is 0 Å². The van der Waals surface area contributed by atoms with Crippen LogP contribution in [-0.4, -0.2) is 48.6 Å². The summed E-state index contributed by atoms with van der Waals surface area (Å²) in [5, 5.41) is 2.87. The zero-order valence-electron chi connectivity index (χ0n) is 12.7. The molecule has 5 heteroatoms. The van der Waals surface area contributed by atoms with Crippen molar-refractivity contribution in [2.45, 2.75) is 52.1 Å². The maximum absolute atomic E-state index is 12.7. The van der Waals surface area contributed by atoms with Gasteiger partial charge < -0.3 is 15.0 Å². The fourth-order valence-corrected chi connectivity index (χ4v) is 3.08. The molecule has 114 valence electrons. The van der Waals surface area contributed by atoms with Gasteiger partial charge in [-0.15, -0.1) is 0 Å². The zero-order chi connectivity index (χ0) is 14.7. The molecule has 2 rings (SSSR count). The third-order valence-corrected chi connectivity index (χ3v) is 4.34. The molecular formula is C15H26N2O3. The molecule has 0 aromatic carbocycles. The Morgan fingerprint density at radius 2 is 2.10 bits per heavy atom. The highest BCUT2D eigenvalue weighted by Crippen LogP contribution is 2.23. The van der Waals surface area contributed by atoms with E-state index in [2.05, 4.69) is 26.1 Å². The van der Waals surface area contributed by atoms with Gasteiger partial charge in [0.15, 0.2) is 0 Å². The molecule has 2 aliphatic heterocycles. The summed E-state index contributed by atoms with van der Waals surface area (Å²) in [6.45, 7) is 8.26. The van der Waals surface area contributed by atoms with Crippen molar-refractivity contribution >= 4 is 11.8 Å². The van der Waals surface area contributed by atoms with Crippen molar-refractivity contribution in [2.75, 3.05) is 19.8 Å². The molecule has 0 aromatic rings. The molecule has 0 radical (unpaired) electrons. The van der Waals surface area contributed by atoms with Gasteiger partial charge in [0, 0.05) is 31.5 Å². The Bertz CT molecular complexity index is 364. The Kier molecular flexibility index (Phi) is 5.02. The van der Waals surface area contributed by atoms with E-state index in [0.29, 0.717) is 31.2 Å². The highest BCUT2D eigenvalue weighted by atomic mass is 16.5. The van der Waals surface area contributed by atoms with Crippen LogP contribution in [-0.2, 0) is 14.3 Å². The standard InChI is InChI=1S/C15H26N2O3/c1-10(2)8-13-15(19)17(6-4-14(18)16-13)11(3)12-5-7-20-9-12/h10-13H,4-9H2,1-3H3,(H,16,18). The van der Waals surface area contributed by atoms with Crippen molar-refractivity contribution in [3.05, 3.63) is 0 Å². The first kappa shape index (κ1) is 15.3. The molecule has 0 aromatic heterocycles. The summed E-state index contributed by atoms with van der Waals surface area (Å²) in [5.74, 6) is 0.839. The van der Waals surface area contributed by atoms with E-state index in [0.717, 1.165) is 19.6 Å². The zero-order valence-corrected chi connectivity index (χ0v) is 12.7. The Hall–Kier alpha value is -1.10. The number of nitrogens with zero attached hydrogens (tertiary/aromatic N) is 1. The van der Waals surface area contributed by atoms with Crippen LogP contribution in [0.1, 0.15) is 40.0 Å². The summed E-state index contributed by atoms with van der Waals surface area (Å²) in [4.78, 5) is 26.4. The quantitative estimate of drug-likeness (QED) is 0.842. The van der Waals surface area contributed by atoms with Crippen molar-refractivity contribution in [3.63, 3.8) is 0 Å². The molecule has 0 saturated carbocycles. The molecule has 0 spiro atoms. The number of carbonyl (C=O) groups is 2. The minimum atomic E-state index is -0.366. The highest BCUT2D eigenvalue weighted by molar-refractivity contribution is 5.90. The number of hydrogen-bond donors (Lipinski definition) is 1. The average Bonchev–Trinajstić information content (AvgIpc) is 2.86. The number of rotatable bonds is 4. The lowest BCUT2D eigenvalue weighted by atomic mass is 9.97. The van der Waals surface area contributed by atoms with Gasteiger partial charge in [0.05, 0.1) is 6.61 Å². The lowest BCUT2D eigenvalue weighted by Crippen LogP contribution is -2.50. The molecule has 3 unspecified atom stereocenters. The largest absolute Gasteiger partial charge is 0.381 e. The van der Waals surface area contributed by atoms with Gasteiger partial charge in [-0.1, -0.05) is 13.8 Å². The first-order chi connectivity index (χ1) is 9.49. The molecule has 20 heavy (non-hydrogen) atoms. The van der Waals surface area contributed by atoms with E-state index >= 15 is 0 Å². The van der Waals surface area contributed by atoms with E-state index in [9.17, 15) is 9.59 Å². The van der Waals surface area contributed by atoms with Gasteiger partial charge in [0.25, 0.3) is 0 Å². The van der Waals surface area contributed by atoms with Crippen LogP contribution >= 0.6 is 0 Å². The van der Waals surface area contributed by atoms with Crippen LogP contribution < -0.4 is 5.32 Å². The van der Waals surface area contributed by atoms with Gasteiger partial charge in [-0.2, -0.15) is 0 Å². The smallest absolute Gasteiger partial charge is 0.245 e. The highest BCUT2D eigenvalue weighted by Gasteiger charge is 2.36. The normalized spacial score (nSPS) is 29.5. The van der Waals surface area contributed by atoms with Crippen LogP contribution in [0, 0.1) is 11.8 Å². The van der Waals surface area contributed by atoms with Crippen LogP contribution in [0.3, 0.4) is 0 Å². The third-order valence-electron chi connectivity index (χ3n) is 4.34. The SMILES string of the molecule is CC(C)CC1NC(=O)CCN(C(C)C2CCOC2)C1=O. The predicted octanol–water partition coefficient (Wildman–Crippen LogP) is 1.17. The van der Waals surface area contributed by atoms with Crippen molar-refractivity contribution < 1.29 is 14.3 Å². The molecule has 2 saturated heterocycles. The Balaban J connectivity index is 2.09. The minimum absolute atomic E-state index is 0.0126. The summed E-state index contributed by atoms with van der Waals surface area (Å²) in [7, 11) is 0. The Labute approximate surface area is 121 Å². The molecule has 2 fully saturated rings. The number of nitrogens with one attached hydrogen (secondary N) is 1. The van der Waals surface area contributed by atoms with E-state index < -0.39 is 0 Å². The maximum atomic E-state index is 12.7. The molecule has 2 heterocycles. The molecule has 2 amide bonds. The lowest BCUT2D eigenvalue weighted by molar-refractivity contribution is -0.136. The summed E-state index contributed by atoms with van der Waals surface area (Å²) >= 11 is 0. The first-order valence-corrected chi connectivity index (χ1v) is 7.66. The molecule has 5 nitrogen and oxygen atoms in total. The van der Waals surface area contributed by atoms with Crippen LogP contribution in [0.5, 0.6) is 0 Å². The first-order valence-electron chi connectivity index (χ1n) is 7.66. The maximum Gasteiger partial charge on any atom is 0.245 e. The van der Waals surface area contributed by atoms with Crippen LogP contribution in [0.2, 0.25) is 0 Å². The van der Waals surface area contributed by atoms with Crippen molar-refractivity contribution in [2.24, 2.45) is 11.8 Å². The minimum Gasteiger partial charge on any atom is -0.381 e. The van der Waals surface area contributed by atoms with Crippen LogP contribution in [0.4, 0.5) is 0 Å². The molecule has 0 aliphatic carbocycles. The van der Waals surface area contributed by atoms with Gasteiger partial charge in [-0.25, -0.2) is 0 Å². The van der Waals surface area contributed by atoms with E-state index in [4.69, 9.17) is 4.74 Å². The molecule has 1 N–H and O–H groups in total. The Morgan fingerprint density at radius 3 is 2.70 bits per heavy atom. The van der Waals surface area contributed by atoms with Gasteiger partial charge in [-0.05, 0) is 25.7 Å². The second-order valence-electron chi connectivity index (χ2n) is 6.40. The average molecular weight is 282 g/mol. The Morgan fingerprint density at radius 1 is 1.35 bits per heavy atom. The molecule has 3 atom stereocenters. The molecule has 2 aliphatic rings. The third kappa shape index (κ3) is 3.51. The van der Waals surface area contributed by atoms with Gasteiger partial charge >= 0.3 is 0 Å². The van der Waals surface area contributed by atoms with E-state index in [-0.39, 0.29) is 23.9 Å². The topological polar surface area (TPSA) is 58.6 Å². The van der Waals surface area contributed by atoms with E-state index in [1.807, 2.05) is 4.90 Å². The monoisotopic (exact) mass is 282 g/mol. The second kappa shape index (κ2) is 6.57. The fraction of sp³-hybridized carbons (Fsp3) is 0.867. The van der Waals surface area contributed by atoms with Gasteiger partial charge in [0.1, 0.15) is 6.04 Å². The van der Waals surface area contributed by atoms with E-state index in [1.54, 1.807) is 0 Å². The molecule has 0 bridgehead atoms. The van der Waals surface area contributed by atoms with Crippen molar-refractivity contribution in [1.82, 2.24) is 10.2 Å². The summed E-state index contributed by atoms with van der Waals surface area (Å²) < 4.78 is 5.43. The van der Waals surface area contributed by atoms with Crippen molar-refractivity contribution in [3.8, 4) is 0 Å². The predicted molar refractivity (Wildman–Crippen MR) is 76.1 cm³/mol. The summed E-state index contributed by atoms with van der Waals surface area (Å²) in [6.07, 6.45) is 2.11. The van der Waals surface area contributed by atoms with Gasteiger partial charge in [0.2, 0.25) is 11.8 Å². The number of carbonyl (C=O) groups excluding carboxylic acids is 2. The van der Waals surface area contributed by atoms with E-state index in [1.165, 1.54) is 0 Å². The lowest BCUT2D eigenvalue weighted by Gasteiger charge is -2.33. The summed E-state index contributed by atoms with van der Waals surface area (Å²) in [6, 6.07) is -0.220. The summed E-state index contributed by atoms with van der Waals surface area (Å²) in [5.41, 5.74) is 0. The van der Waals surface area contributed by atoms with Crippen molar-refractivity contribution in [1.29, 1.82) is 0 Å². The number of hydrogen-bond acceptors (Lipinski definition) is 3.